The fourth-order valence-electron chi connectivity index (χ4n) is 0.893. The Hall–Kier alpha value is -1.05. The molecule has 2 heteroatoms. The van der Waals surface area contributed by atoms with Crippen molar-refractivity contribution in [1.82, 2.24) is 0 Å². The monoisotopic (exact) mass is 195 g/mol. The van der Waals surface area contributed by atoms with Crippen LogP contribution in [0.25, 0.3) is 0 Å². The molecule has 0 aliphatic heterocycles. The molecule has 0 N–H and O–H groups in total. The maximum Gasteiger partial charge on any atom is 0.117 e. The summed E-state index contributed by atoms with van der Waals surface area (Å²) in [6.45, 7) is 12.5. The highest BCUT2D eigenvalue weighted by atomic mass is 16.5. The van der Waals surface area contributed by atoms with Crippen LogP contribution in [0.3, 0.4) is 0 Å². The molecule has 0 saturated heterocycles. The molecular weight excluding hydrogens is 174 g/mol. The zero-order valence-corrected chi connectivity index (χ0v) is 9.71. The van der Waals surface area contributed by atoms with Crippen molar-refractivity contribution in [3.05, 3.63) is 24.6 Å². The molecule has 0 rings (SSSR count). The first-order valence-electron chi connectivity index (χ1n) is 5.15. The lowest BCUT2D eigenvalue weighted by atomic mass is 10.1. The average molecular weight is 195 g/mol. The van der Waals surface area contributed by atoms with E-state index < -0.39 is 0 Å². The van der Waals surface area contributed by atoms with Crippen LogP contribution in [0.15, 0.2) is 29.6 Å². The van der Waals surface area contributed by atoms with Crippen LogP contribution < -0.4 is 0 Å². The largest absolute Gasteiger partial charge is 0.496 e. The molecule has 80 valence electrons. The second-order valence-electron chi connectivity index (χ2n) is 3.25. The van der Waals surface area contributed by atoms with Gasteiger partial charge in [-0.3, -0.25) is 4.99 Å². The Morgan fingerprint density at radius 1 is 1.50 bits per heavy atom. The van der Waals surface area contributed by atoms with Gasteiger partial charge in [0.15, 0.2) is 0 Å². The summed E-state index contributed by atoms with van der Waals surface area (Å²) in [5, 5.41) is 0. The van der Waals surface area contributed by atoms with Crippen LogP contribution in [0, 0.1) is 5.92 Å². The molecule has 0 heterocycles. The fourth-order valence-corrected chi connectivity index (χ4v) is 0.893. The third-order valence-corrected chi connectivity index (χ3v) is 2.10. The smallest absolute Gasteiger partial charge is 0.117 e. The van der Waals surface area contributed by atoms with Gasteiger partial charge < -0.3 is 4.74 Å². The summed E-state index contributed by atoms with van der Waals surface area (Å²) in [7, 11) is 0. The van der Waals surface area contributed by atoms with Crippen LogP contribution >= 0.6 is 0 Å². The minimum atomic E-state index is 0.427. The predicted molar refractivity (Wildman–Crippen MR) is 62.5 cm³/mol. The minimum absolute atomic E-state index is 0.427. The molecule has 2 nitrogen and oxygen atoms in total. The summed E-state index contributed by atoms with van der Waals surface area (Å²) in [4.78, 5) is 4.24. The third-order valence-electron chi connectivity index (χ3n) is 2.10. The van der Waals surface area contributed by atoms with E-state index in [9.17, 15) is 0 Å². The predicted octanol–water partition coefficient (Wildman–Crippen LogP) is 3.56. The molecule has 0 aliphatic carbocycles. The minimum Gasteiger partial charge on any atom is -0.496 e. The number of nitrogens with zero attached hydrogens (tertiary/aromatic N) is 1. The molecular formula is C12H21NO. The zero-order chi connectivity index (χ0) is 11.0. The Kier molecular flexibility index (Phi) is 6.81. The van der Waals surface area contributed by atoms with Crippen molar-refractivity contribution in [1.29, 1.82) is 0 Å². The van der Waals surface area contributed by atoms with Gasteiger partial charge in [-0.1, -0.05) is 20.4 Å². The first-order chi connectivity index (χ1) is 6.65. The number of hydrogen-bond acceptors (Lipinski definition) is 2. The summed E-state index contributed by atoms with van der Waals surface area (Å²) in [6, 6.07) is 0. The normalized spacial score (nSPS) is 15.1. The van der Waals surface area contributed by atoms with Crippen molar-refractivity contribution in [2.75, 3.05) is 6.61 Å². The molecule has 0 amide bonds. The lowest BCUT2D eigenvalue weighted by Crippen LogP contribution is -2.02. The van der Waals surface area contributed by atoms with Crippen molar-refractivity contribution < 1.29 is 4.74 Å². The molecule has 0 aromatic rings. The Morgan fingerprint density at radius 2 is 2.14 bits per heavy atom. The highest BCUT2D eigenvalue weighted by Gasteiger charge is 2.06. The molecule has 0 spiro atoms. The highest BCUT2D eigenvalue weighted by molar-refractivity contribution is 5.92. The van der Waals surface area contributed by atoms with Crippen LogP contribution in [0.5, 0.6) is 0 Å². The second-order valence-corrected chi connectivity index (χ2v) is 3.25. The quantitative estimate of drug-likeness (QED) is 0.469. The molecule has 0 radical (unpaired) electrons. The molecule has 0 aliphatic rings. The van der Waals surface area contributed by atoms with Gasteiger partial charge in [0.25, 0.3) is 0 Å². The third kappa shape index (κ3) is 4.85. The zero-order valence-electron chi connectivity index (χ0n) is 9.71. The molecule has 0 bridgehead atoms. The molecule has 1 atom stereocenters. The van der Waals surface area contributed by atoms with Crippen LogP contribution in [0.4, 0.5) is 0 Å². The van der Waals surface area contributed by atoms with E-state index in [-0.39, 0.29) is 0 Å². The molecule has 0 fully saturated rings. The first kappa shape index (κ1) is 12.9. The van der Waals surface area contributed by atoms with Gasteiger partial charge in [0, 0.05) is 11.6 Å². The van der Waals surface area contributed by atoms with Gasteiger partial charge in [0.2, 0.25) is 0 Å². The van der Waals surface area contributed by atoms with Gasteiger partial charge in [0.1, 0.15) is 5.76 Å². The van der Waals surface area contributed by atoms with Gasteiger partial charge in [-0.25, -0.2) is 0 Å². The summed E-state index contributed by atoms with van der Waals surface area (Å²) < 4.78 is 5.51. The first-order valence-corrected chi connectivity index (χ1v) is 5.15. The van der Waals surface area contributed by atoms with Crippen molar-refractivity contribution in [3.8, 4) is 0 Å². The number of ether oxygens (including phenoxy) is 1. The average Bonchev–Trinajstić information content (AvgIpc) is 2.22. The lowest BCUT2D eigenvalue weighted by molar-refractivity contribution is 0.193. The Balaban J connectivity index is 4.54. The van der Waals surface area contributed by atoms with Crippen LogP contribution in [0.1, 0.15) is 34.1 Å². The van der Waals surface area contributed by atoms with Crippen LogP contribution in [-0.2, 0) is 4.74 Å². The van der Waals surface area contributed by atoms with E-state index in [1.54, 1.807) is 12.3 Å². The fraction of sp³-hybridized carbons (Fsp3) is 0.583. The Labute approximate surface area is 87.4 Å². The summed E-state index contributed by atoms with van der Waals surface area (Å²) >= 11 is 0. The Bertz CT molecular complexity index is 228. The van der Waals surface area contributed by atoms with E-state index >= 15 is 0 Å². The molecule has 14 heavy (non-hydrogen) atoms. The van der Waals surface area contributed by atoms with Gasteiger partial charge in [-0.15, -0.1) is 0 Å². The molecule has 0 aromatic heterocycles. The molecule has 1 unspecified atom stereocenters. The van der Waals surface area contributed by atoms with Crippen LogP contribution in [-0.4, -0.2) is 12.3 Å². The topological polar surface area (TPSA) is 21.6 Å². The van der Waals surface area contributed by atoms with Gasteiger partial charge in [-0.05, 0) is 26.3 Å². The highest BCUT2D eigenvalue weighted by Crippen LogP contribution is 2.15. The number of hydrogen-bond donors (Lipinski definition) is 0. The molecule has 0 saturated carbocycles. The van der Waals surface area contributed by atoms with E-state index in [2.05, 4.69) is 25.4 Å². The maximum atomic E-state index is 5.51. The van der Waals surface area contributed by atoms with Crippen molar-refractivity contribution in [2.24, 2.45) is 10.9 Å². The molecule has 0 aromatic carbocycles. The number of allylic oxidation sites excluding steroid dienone is 2. The number of aliphatic imine (C=N–C) groups is 1. The van der Waals surface area contributed by atoms with E-state index in [4.69, 9.17) is 4.74 Å². The van der Waals surface area contributed by atoms with E-state index in [0.29, 0.717) is 12.5 Å². The van der Waals surface area contributed by atoms with Crippen LogP contribution in [0.2, 0.25) is 0 Å². The summed E-state index contributed by atoms with van der Waals surface area (Å²) in [5.41, 5.74) is 0.908. The van der Waals surface area contributed by atoms with E-state index in [1.165, 1.54) is 0 Å². The lowest BCUT2D eigenvalue weighted by Gasteiger charge is -2.13. The Morgan fingerprint density at radius 3 is 2.57 bits per heavy atom. The summed E-state index contributed by atoms with van der Waals surface area (Å²) in [5.74, 6) is 1.38. The SMILES string of the molecule is C=CC(C)=N/C=C(/OCC)C(C)CC. The maximum absolute atomic E-state index is 5.51. The van der Waals surface area contributed by atoms with Gasteiger partial charge in [-0.2, -0.15) is 0 Å². The van der Waals surface area contributed by atoms with Crippen molar-refractivity contribution >= 4 is 5.71 Å². The van der Waals surface area contributed by atoms with E-state index in [1.807, 2.05) is 13.8 Å². The van der Waals surface area contributed by atoms with Crippen molar-refractivity contribution in [3.63, 3.8) is 0 Å². The standard InChI is InChI=1S/C12H21NO/c1-6-10(4)12(14-8-3)9-13-11(5)7-2/h7,9-10H,2,6,8H2,1,3-5H3/b12-9+,13-11?. The van der Waals surface area contributed by atoms with Gasteiger partial charge >= 0.3 is 0 Å². The second kappa shape index (κ2) is 7.36. The van der Waals surface area contributed by atoms with Crippen molar-refractivity contribution in [2.45, 2.75) is 34.1 Å². The van der Waals surface area contributed by atoms with E-state index in [0.717, 1.165) is 17.9 Å². The van der Waals surface area contributed by atoms with Gasteiger partial charge in [0.05, 0.1) is 12.8 Å². The summed E-state index contributed by atoms with van der Waals surface area (Å²) in [6.07, 6.45) is 4.60. The number of rotatable bonds is 6.